The summed E-state index contributed by atoms with van der Waals surface area (Å²) in [5.74, 6) is -6.35. The Hall–Kier alpha value is -0.770. The monoisotopic (exact) mass is 450 g/mol. The number of halogens is 5. The van der Waals surface area contributed by atoms with Gasteiger partial charge in [0.15, 0.2) is 5.79 Å². The van der Waals surface area contributed by atoms with Gasteiger partial charge in [0.2, 0.25) is 0 Å². The third-order valence-corrected chi connectivity index (χ3v) is 9.70. The molecule has 4 aliphatic carbocycles. The molecule has 6 aliphatic rings. The van der Waals surface area contributed by atoms with Gasteiger partial charge in [-0.3, -0.25) is 0 Å². The highest BCUT2D eigenvalue weighted by molar-refractivity contribution is 5.43. The van der Waals surface area contributed by atoms with Gasteiger partial charge in [0, 0.05) is 18.3 Å². The molecule has 0 amide bonds. The van der Waals surface area contributed by atoms with E-state index in [1.54, 1.807) is 0 Å². The molecular formula is C22H27F5O4. The third-order valence-electron chi connectivity index (χ3n) is 9.70. The van der Waals surface area contributed by atoms with Gasteiger partial charge in [-0.15, -0.1) is 0 Å². The van der Waals surface area contributed by atoms with E-state index in [1.807, 2.05) is 6.08 Å². The second kappa shape index (κ2) is 5.65. The molecule has 1 N–H and O–H groups in total. The van der Waals surface area contributed by atoms with Crippen LogP contribution in [0.1, 0.15) is 58.3 Å². The summed E-state index contributed by atoms with van der Waals surface area (Å²) in [5, 5.41) is 10.9. The van der Waals surface area contributed by atoms with Crippen molar-refractivity contribution in [2.75, 3.05) is 13.2 Å². The Morgan fingerprint density at radius 2 is 1.71 bits per heavy atom. The van der Waals surface area contributed by atoms with Crippen molar-refractivity contribution in [2.24, 2.45) is 17.3 Å². The fourth-order valence-corrected chi connectivity index (χ4v) is 8.10. The van der Waals surface area contributed by atoms with Crippen LogP contribution in [-0.4, -0.2) is 53.0 Å². The molecule has 0 aromatic carbocycles. The lowest BCUT2D eigenvalue weighted by Gasteiger charge is -2.53. The lowest BCUT2D eigenvalue weighted by Crippen LogP contribution is -2.64. The number of epoxide rings is 1. The normalized spacial score (nSPS) is 50.4. The Morgan fingerprint density at radius 3 is 2.39 bits per heavy atom. The summed E-state index contributed by atoms with van der Waals surface area (Å²) in [6.07, 6.45) is -1.03. The predicted octanol–water partition coefficient (Wildman–Crippen LogP) is 4.51. The molecule has 0 bridgehead atoms. The number of aliphatic hydroxyl groups is 1. The minimum absolute atomic E-state index is 0.00893. The van der Waals surface area contributed by atoms with E-state index in [2.05, 4.69) is 0 Å². The maximum Gasteiger partial charge on any atom is 0.456 e. The van der Waals surface area contributed by atoms with Gasteiger partial charge in [-0.2, -0.15) is 22.0 Å². The summed E-state index contributed by atoms with van der Waals surface area (Å²) in [6, 6.07) is 0. The van der Waals surface area contributed by atoms with E-state index >= 15 is 0 Å². The molecule has 3 saturated carbocycles. The van der Waals surface area contributed by atoms with Crippen molar-refractivity contribution in [3.8, 4) is 0 Å². The summed E-state index contributed by atoms with van der Waals surface area (Å²) < 4.78 is 87.0. The fourth-order valence-electron chi connectivity index (χ4n) is 8.10. The summed E-state index contributed by atoms with van der Waals surface area (Å²) in [4.78, 5) is 0. The average Bonchev–Trinajstić information content (AvgIpc) is 3.02. The Morgan fingerprint density at radius 1 is 1.00 bits per heavy atom. The van der Waals surface area contributed by atoms with Crippen LogP contribution in [0.2, 0.25) is 0 Å². The molecule has 0 radical (unpaired) electrons. The van der Waals surface area contributed by atoms with Crippen LogP contribution in [0.4, 0.5) is 22.0 Å². The van der Waals surface area contributed by atoms with Crippen molar-refractivity contribution < 1.29 is 41.3 Å². The van der Waals surface area contributed by atoms with E-state index in [1.165, 1.54) is 6.92 Å². The Balaban J connectivity index is 1.34. The molecule has 5 fully saturated rings. The topological polar surface area (TPSA) is 51.2 Å². The van der Waals surface area contributed by atoms with E-state index < -0.39 is 52.4 Å². The Bertz CT molecular complexity index is 851. The number of hydrogen-bond acceptors (Lipinski definition) is 4. The minimum atomic E-state index is -5.79. The Labute approximate surface area is 177 Å². The maximum absolute atomic E-state index is 14.5. The summed E-state index contributed by atoms with van der Waals surface area (Å²) >= 11 is 0. The summed E-state index contributed by atoms with van der Waals surface area (Å²) in [7, 11) is 0. The van der Waals surface area contributed by atoms with Crippen molar-refractivity contribution >= 4 is 0 Å². The fraction of sp³-hybridized carbons (Fsp3) is 0.909. The highest BCUT2D eigenvalue weighted by Crippen LogP contribution is 2.75. The summed E-state index contributed by atoms with van der Waals surface area (Å²) in [5.41, 5.74) is -4.47. The van der Waals surface area contributed by atoms with Crippen LogP contribution in [0, 0.1) is 17.3 Å². The highest BCUT2D eigenvalue weighted by Gasteiger charge is 2.82. The Kier molecular flexibility index (Phi) is 3.79. The number of alkyl halides is 5. The first-order chi connectivity index (χ1) is 14.4. The minimum Gasteiger partial charge on any atom is -0.383 e. The summed E-state index contributed by atoms with van der Waals surface area (Å²) in [6.45, 7) is 2.53. The molecule has 0 aromatic heterocycles. The van der Waals surface area contributed by atoms with Gasteiger partial charge >= 0.3 is 12.1 Å². The number of hydrogen-bond donors (Lipinski definition) is 1. The molecule has 2 saturated heterocycles. The van der Waals surface area contributed by atoms with Crippen molar-refractivity contribution in [1.82, 2.24) is 0 Å². The molecule has 6 atom stereocenters. The first-order valence-corrected chi connectivity index (χ1v) is 11.2. The van der Waals surface area contributed by atoms with Gasteiger partial charge in [-0.05, 0) is 55.9 Å². The van der Waals surface area contributed by atoms with E-state index in [4.69, 9.17) is 14.2 Å². The zero-order valence-electron chi connectivity index (χ0n) is 17.4. The smallest absolute Gasteiger partial charge is 0.383 e. The van der Waals surface area contributed by atoms with Gasteiger partial charge < -0.3 is 19.3 Å². The van der Waals surface area contributed by atoms with Crippen LogP contribution in [0.25, 0.3) is 0 Å². The van der Waals surface area contributed by atoms with Crippen LogP contribution in [-0.2, 0) is 14.2 Å². The van der Waals surface area contributed by atoms with Crippen molar-refractivity contribution in [3.63, 3.8) is 0 Å². The van der Waals surface area contributed by atoms with Crippen LogP contribution in [0.3, 0.4) is 0 Å². The molecule has 2 aliphatic heterocycles. The largest absolute Gasteiger partial charge is 0.456 e. The zero-order valence-corrected chi connectivity index (χ0v) is 17.4. The predicted molar refractivity (Wildman–Crippen MR) is 97.2 cm³/mol. The lowest BCUT2D eigenvalue weighted by atomic mass is 9.52. The molecule has 1 spiro atoms. The van der Waals surface area contributed by atoms with Gasteiger partial charge in [0.05, 0.1) is 13.2 Å². The molecule has 6 rings (SSSR count). The number of allylic oxidation sites excluding steroid dienone is 1. The third kappa shape index (κ3) is 2.20. The van der Waals surface area contributed by atoms with Crippen molar-refractivity contribution in [3.05, 3.63) is 11.6 Å². The van der Waals surface area contributed by atoms with Crippen molar-refractivity contribution in [2.45, 2.75) is 93.0 Å². The highest BCUT2D eigenvalue weighted by atomic mass is 19.4. The molecule has 9 heteroatoms. The van der Waals surface area contributed by atoms with E-state index in [0.717, 1.165) is 5.57 Å². The van der Waals surface area contributed by atoms with Crippen LogP contribution in [0.15, 0.2) is 11.6 Å². The van der Waals surface area contributed by atoms with Gasteiger partial charge in [0.25, 0.3) is 0 Å². The van der Waals surface area contributed by atoms with E-state index in [-0.39, 0.29) is 18.8 Å². The molecule has 174 valence electrons. The van der Waals surface area contributed by atoms with Gasteiger partial charge in [-0.25, -0.2) is 0 Å². The second-order valence-electron chi connectivity index (χ2n) is 10.7. The number of ether oxygens (including phenoxy) is 3. The first-order valence-electron chi connectivity index (χ1n) is 11.2. The van der Waals surface area contributed by atoms with E-state index in [9.17, 15) is 27.1 Å². The quantitative estimate of drug-likeness (QED) is 0.363. The first kappa shape index (κ1) is 20.8. The van der Waals surface area contributed by atoms with Crippen LogP contribution in [0.5, 0.6) is 0 Å². The SMILES string of the molecule is C[C@]12CC=C3[C@@H](CC[C@@]45CC6(CC[C@@]34O5)OCCO6)[C@@H]1CC[C@@]2(O)C(F)(F)C(F)(F)F. The number of rotatable bonds is 1. The average molecular weight is 450 g/mol. The molecule has 0 unspecified atom stereocenters. The molecular weight excluding hydrogens is 423 g/mol. The molecule has 2 heterocycles. The van der Waals surface area contributed by atoms with Crippen molar-refractivity contribution in [1.29, 1.82) is 0 Å². The molecule has 0 aromatic rings. The lowest BCUT2D eigenvalue weighted by molar-refractivity contribution is -0.361. The van der Waals surface area contributed by atoms with Crippen LogP contribution >= 0.6 is 0 Å². The second-order valence-corrected chi connectivity index (χ2v) is 10.7. The van der Waals surface area contributed by atoms with E-state index in [0.29, 0.717) is 45.3 Å². The standard InChI is InChI=1S/C22H27F5O4/c1-16-5-3-15-13(14(16)4-7-20(16,28)21(23,24)22(25,26)27)2-6-17-12-18(29-10-11-30-18)8-9-19(15,17)31-17/h3,13-14,28H,2,4-12H2,1H3/t13-,14-,16-,17+,19+,20-/m0/s1. The molecule has 31 heavy (non-hydrogen) atoms. The zero-order chi connectivity index (χ0) is 22.1. The molecule has 4 nitrogen and oxygen atoms in total. The van der Waals surface area contributed by atoms with Gasteiger partial charge in [0.1, 0.15) is 16.8 Å². The maximum atomic E-state index is 14.5. The van der Waals surface area contributed by atoms with Gasteiger partial charge in [-0.1, -0.05) is 13.0 Å². The van der Waals surface area contributed by atoms with Crippen LogP contribution < -0.4 is 0 Å². The number of fused-ring (bicyclic) bond motifs is 3.